The lowest BCUT2D eigenvalue weighted by molar-refractivity contribution is -0.171. The Kier molecular flexibility index (Phi) is 1.75. The van der Waals surface area contributed by atoms with E-state index in [9.17, 15) is 14.4 Å². The fourth-order valence-corrected chi connectivity index (χ4v) is 0.620. The van der Waals surface area contributed by atoms with Gasteiger partial charge >= 0.3 is 17.8 Å². The second-order valence-corrected chi connectivity index (χ2v) is 1.94. The molecule has 1 saturated heterocycles. The Morgan fingerprint density at radius 1 is 1.64 bits per heavy atom. The molecule has 1 fully saturated rings. The highest BCUT2D eigenvalue weighted by molar-refractivity contribution is 6.33. The van der Waals surface area contributed by atoms with Crippen molar-refractivity contribution in [1.29, 1.82) is 0 Å². The van der Waals surface area contributed by atoms with Crippen molar-refractivity contribution in [2.24, 2.45) is 0 Å². The molecule has 0 saturated carbocycles. The number of hydrogen-bond acceptors (Lipinski definition) is 4. The van der Waals surface area contributed by atoms with Gasteiger partial charge in [-0.1, -0.05) is 0 Å². The molecule has 0 bridgehead atoms. The van der Waals surface area contributed by atoms with Gasteiger partial charge in [0.2, 0.25) is 6.10 Å². The van der Waals surface area contributed by atoms with Crippen LogP contribution in [0, 0.1) is 0 Å². The summed E-state index contributed by atoms with van der Waals surface area (Å²) in [5, 5.41) is 10.4. The van der Waals surface area contributed by atoms with Gasteiger partial charge in [-0.05, 0) is 0 Å². The molecule has 1 aliphatic rings. The van der Waals surface area contributed by atoms with Gasteiger partial charge in [0.15, 0.2) is 0 Å². The second-order valence-electron chi connectivity index (χ2n) is 1.94. The number of carbonyl (C=O) groups is 3. The van der Waals surface area contributed by atoms with Crippen LogP contribution in [0.1, 0.15) is 0 Å². The van der Waals surface area contributed by atoms with E-state index in [2.05, 4.69) is 10.1 Å². The molecule has 0 aromatic heterocycles. The molecule has 11 heavy (non-hydrogen) atoms. The number of amides is 1. The molecule has 0 aromatic carbocycles. The number of esters is 1. The summed E-state index contributed by atoms with van der Waals surface area (Å²) in [4.78, 5) is 31.0. The third-order valence-corrected chi connectivity index (χ3v) is 1.16. The zero-order valence-corrected chi connectivity index (χ0v) is 5.36. The Bertz CT molecular complexity index is 223. The lowest BCUT2D eigenvalue weighted by atomic mass is 10.3. The number of rotatable bonds is 1. The van der Waals surface area contributed by atoms with Crippen molar-refractivity contribution in [2.45, 2.75) is 6.10 Å². The maximum atomic E-state index is 10.4. The number of ether oxygens (including phenoxy) is 1. The van der Waals surface area contributed by atoms with Gasteiger partial charge in [0.1, 0.15) is 0 Å². The molecule has 1 unspecified atom stereocenters. The van der Waals surface area contributed by atoms with E-state index < -0.39 is 23.9 Å². The number of carbonyl (C=O) groups excluding carboxylic acids is 2. The van der Waals surface area contributed by atoms with E-state index in [1.54, 1.807) is 0 Å². The van der Waals surface area contributed by atoms with Gasteiger partial charge in [0.25, 0.3) is 0 Å². The fraction of sp³-hybridized carbons (Fsp3) is 0.400. The van der Waals surface area contributed by atoms with E-state index in [-0.39, 0.29) is 6.54 Å². The highest BCUT2D eigenvalue weighted by atomic mass is 16.6. The standard InChI is InChI=1S/C5H5NO5/c7-3-5(10)11-2(1-6-3)4(8)9/h2H,1H2,(H,6,7)(H,8,9). The van der Waals surface area contributed by atoms with Gasteiger partial charge in [-0.25, -0.2) is 9.59 Å². The zero-order valence-electron chi connectivity index (χ0n) is 5.36. The molecule has 2 N–H and O–H groups in total. The molecule has 1 aliphatic heterocycles. The molecule has 1 amide bonds. The lowest BCUT2D eigenvalue weighted by Gasteiger charge is -2.18. The van der Waals surface area contributed by atoms with Crippen molar-refractivity contribution < 1.29 is 24.2 Å². The van der Waals surface area contributed by atoms with E-state index in [0.29, 0.717) is 0 Å². The van der Waals surface area contributed by atoms with Crippen LogP contribution in [0.25, 0.3) is 0 Å². The maximum absolute atomic E-state index is 10.4. The van der Waals surface area contributed by atoms with Gasteiger partial charge in [0, 0.05) is 0 Å². The normalized spacial score (nSPS) is 23.8. The predicted octanol–water partition coefficient (Wildman–Crippen LogP) is -1.89. The Balaban J connectivity index is 2.60. The number of cyclic esters (lactones) is 1. The number of hydrogen-bond donors (Lipinski definition) is 2. The van der Waals surface area contributed by atoms with Gasteiger partial charge in [0.05, 0.1) is 6.54 Å². The Labute approximate surface area is 61.1 Å². The summed E-state index contributed by atoms with van der Waals surface area (Å²) in [5.41, 5.74) is 0. The Morgan fingerprint density at radius 3 is 2.73 bits per heavy atom. The number of morpholine rings is 1. The van der Waals surface area contributed by atoms with E-state index in [4.69, 9.17) is 5.11 Å². The third kappa shape index (κ3) is 1.46. The van der Waals surface area contributed by atoms with E-state index in [1.165, 1.54) is 0 Å². The number of nitrogens with one attached hydrogen (secondary N) is 1. The highest BCUT2D eigenvalue weighted by Gasteiger charge is 2.31. The molecule has 1 atom stereocenters. The summed E-state index contributed by atoms with van der Waals surface area (Å²) in [6.07, 6.45) is -1.25. The largest absolute Gasteiger partial charge is 0.478 e. The monoisotopic (exact) mass is 159 g/mol. The second kappa shape index (κ2) is 2.57. The molecule has 6 nitrogen and oxygen atoms in total. The first-order chi connectivity index (χ1) is 5.11. The molecule has 1 heterocycles. The lowest BCUT2D eigenvalue weighted by Crippen LogP contribution is -2.49. The number of carboxylic acids is 1. The van der Waals surface area contributed by atoms with Crippen molar-refractivity contribution in [2.75, 3.05) is 6.54 Å². The van der Waals surface area contributed by atoms with Crippen LogP contribution < -0.4 is 5.32 Å². The molecular formula is C5H5NO5. The minimum Gasteiger partial charge on any atom is -0.478 e. The zero-order chi connectivity index (χ0) is 8.43. The Hall–Kier alpha value is -1.59. The van der Waals surface area contributed by atoms with Crippen LogP contribution in [0.3, 0.4) is 0 Å². The summed E-state index contributed by atoms with van der Waals surface area (Å²) in [6, 6.07) is 0. The van der Waals surface area contributed by atoms with E-state index in [0.717, 1.165) is 0 Å². The van der Waals surface area contributed by atoms with Crippen LogP contribution in [0.2, 0.25) is 0 Å². The van der Waals surface area contributed by atoms with Crippen LogP contribution in [0.5, 0.6) is 0 Å². The van der Waals surface area contributed by atoms with Gasteiger partial charge in [-0.2, -0.15) is 0 Å². The van der Waals surface area contributed by atoms with Gasteiger partial charge < -0.3 is 15.2 Å². The molecule has 1 rings (SSSR count). The average Bonchev–Trinajstić information content (AvgIpc) is 1.94. The summed E-state index contributed by atoms with van der Waals surface area (Å²) < 4.78 is 4.21. The van der Waals surface area contributed by atoms with Crippen molar-refractivity contribution >= 4 is 17.8 Å². The van der Waals surface area contributed by atoms with Crippen LogP contribution >= 0.6 is 0 Å². The molecule has 6 heteroatoms. The highest BCUT2D eigenvalue weighted by Crippen LogP contribution is 1.97. The van der Waals surface area contributed by atoms with Crippen molar-refractivity contribution in [3.8, 4) is 0 Å². The van der Waals surface area contributed by atoms with Gasteiger partial charge in [-0.3, -0.25) is 4.79 Å². The molecule has 60 valence electrons. The van der Waals surface area contributed by atoms with Crippen LogP contribution in [-0.4, -0.2) is 35.6 Å². The number of carboxylic acid groups (broad SMARTS) is 1. The summed E-state index contributed by atoms with van der Waals surface area (Å²) in [6.45, 7) is -0.167. The minimum atomic E-state index is -1.27. The predicted molar refractivity (Wildman–Crippen MR) is 30.5 cm³/mol. The first-order valence-electron chi connectivity index (χ1n) is 2.83. The van der Waals surface area contributed by atoms with E-state index >= 15 is 0 Å². The van der Waals surface area contributed by atoms with Crippen molar-refractivity contribution in [3.05, 3.63) is 0 Å². The maximum Gasteiger partial charge on any atom is 0.397 e. The summed E-state index contributed by atoms with van der Waals surface area (Å²) >= 11 is 0. The topological polar surface area (TPSA) is 92.7 Å². The van der Waals surface area contributed by atoms with Crippen molar-refractivity contribution in [1.82, 2.24) is 5.32 Å². The fourth-order valence-electron chi connectivity index (χ4n) is 0.620. The average molecular weight is 159 g/mol. The first kappa shape index (κ1) is 7.52. The van der Waals surface area contributed by atoms with Crippen LogP contribution in [0.4, 0.5) is 0 Å². The smallest absolute Gasteiger partial charge is 0.397 e. The van der Waals surface area contributed by atoms with E-state index in [1.807, 2.05) is 0 Å². The van der Waals surface area contributed by atoms with Crippen molar-refractivity contribution in [3.63, 3.8) is 0 Å². The van der Waals surface area contributed by atoms with Crippen LogP contribution in [0.15, 0.2) is 0 Å². The summed E-state index contributed by atoms with van der Waals surface area (Å²) in [5.74, 6) is -3.32. The quantitative estimate of drug-likeness (QED) is 0.344. The Morgan fingerprint density at radius 2 is 2.27 bits per heavy atom. The summed E-state index contributed by atoms with van der Waals surface area (Å²) in [7, 11) is 0. The molecule has 0 aliphatic carbocycles. The van der Waals surface area contributed by atoms with Crippen LogP contribution in [-0.2, 0) is 19.1 Å². The molecular weight excluding hydrogens is 154 g/mol. The first-order valence-corrected chi connectivity index (χ1v) is 2.83. The molecule has 0 radical (unpaired) electrons. The minimum absolute atomic E-state index is 0.167. The van der Waals surface area contributed by atoms with Gasteiger partial charge in [-0.15, -0.1) is 0 Å². The SMILES string of the molecule is O=C1NCC(C(=O)O)OC1=O. The molecule has 0 spiro atoms. The molecule has 0 aromatic rings. The number of aliphatic carboxylic acids is 1. The third-order valence-electron chi connectivity index (χ3n) is 1.16.